The van der Waals surface area contributed by atoms with E-state index in [9.17, 15) is 13.6 Å². The maximum absolute atomic E-state index is 13.8. The highest BCUT2D eigenvalue weighted by Crippen LogP contribution is 2.24. The van der Waals surface area contributed by atoms with Gasteiger partial charge in [0.1, 0.15) is 18.2 Å². The fraction of sp³-hybridized carbons (Fsp3) is 0.188. The molecule has 0 spiro atoms. The lowest BCUT2D eigenvalue weighted by atomic mass is 10.1. The Hall–Kier alpha value is -1.95. The average molecular weight is 370 g/mol. The Morgan fingerprint density at radius 2 is 1.91 bits per heavy atom. The Morgan fingerprint density at radius 3 is 2.59 bits per heavy atom. The van der Waals surface area contributed by atoms with Gasteiger partial charge in [-0.25, -0.2) is 13.6 Å². The van der Waals surface area contributed by atoms with Gasteiger partial charge in [-0.05, 0) is 40.5 Å². The van der Waals surface area contributed by atoms with Gasteiger partial charge in [0.25, 0.3) is 0 Å². The molecule has 2 rings (SSSR count). The summed E-state index contributed by atoms with van der Waals surface area (Å²) < 4.78 is 32.3. The smallest absolute Gasteiger partial charge is 0.407 e. The van der Waals surface area contributed by atoms with Gasteiger partial charge in [-0.2, -0.15) is 0 Å². The van der Waals surface area contributed by atoms with Crippen molar-refractivity contribution in [1.29, 1.82) is 0 Å². The molecule has 0 radical (unpaired) electrons. The van der Waals surface area contributed by atoms with Gasteiger partial charge < -0.3 is 10.1 Å². The van der Waals surface area contributed by atoms with E-state index in [1.54, 1.807) is 6.92 Å². The SMILES string of the molecule is CC(NC(=O)OCc1ccccc1)c1cc(F)c(Br)cc1F. The first-order chi connectivity index (χ1) is 10.5. The van der Waals surface area contributed by atoms with Crippen LogP contribution in [0, 0.1) is 11.6 Å². The molecule has 116 valence electrons. The van der Waals surface area contributed by atoms with Crippen LogP contribution in [0.25, 0.3) is 0 Å². The molecule has 1 atom stereocenters. The number of hydrogen-bond donors (Lipinski definition) is 1. The number of amides is 1. The Bertz CT molecular complexity index is 665. The molecule has 0 aromatic heterocycles. The summed E-state index contributed by atoms with van der Waals surface area (Å²) in [6.07, 6.45) is -0.695. The molecule has 22 heavy (non-hydrogen) atoms. The van der Waals surface area contributed by atoms with E-state index in [4.69, 9.17) is 4.74 Å². The largest absolute Gasteiger partial charge is 0.445 e. The lowest BCUT2D eigenvalue weighted by Gasteiger charge is -2.15. The van der Waals surface area contributed by atoms with Crippen molar-refractivity contribution < 1.29 is 18.3 Å². The van der Waals surface area contributed by atoms with E-state index in [2.05, 4.69) is 21.2 Å². The topological polar surface area (TPSA) is 38.3 Å². The van der Waals surface area contributed by atoms with E-state index in [1.165, 1.54) is 0 Å². The number of carbonyl (C=O) groups excluding carboxylic acids is 1. The van der Waals surface area contributed by atoms with Gasteiger partial charge >= 0.3 is 6.09 Å². The minimum atomic E-state index is -0.717. The van der Waals surface area contributed by atoms with Crippen LogP contribution in [0.15, 0.2) is 46.9 Å². The van der Waals surface area contributed by atoms with E-state index in [1.807, 2.05) is 30.3 Å². The number of hydrogen-bond acceptors (Lipinski definition) is 2. The van der Waals surface area contributed by atoms with Gasteiger partial charge in [0.2, 0.25) is 0 Å². The van der Waals surface area contributed by atoms with Crippen molar-refractivity contribution in [1.82, 2.24) is 5.32 Å². The number of carbonyl (C=O) groups is 1. The van der Waals surface area contributed by atoms with Crippen LogP contribution < -0.4 is 5.32 Å². The lowest BCUT2D eigenvalue weighted by molar-refractivity contribution is 0.136. The fourth-order valence-corrected chi connectivity index (χ4v) is 2.20. The summed E-state index contributed by atoms with van der Waals surface area (Å²) >= 11 is 2.90. The number of ether oxygens (including phenoxy) is 1. The Morgan fingerprint density at radius 1 is 1.23 bits per heavy atom. The predicted octanol–water partition coefficient (Wildman–Crippen LogP) is 4.71. The van der Waals surface area contributed by atoms with Gasteiger partial charge in [0.15, 0.2) is 0 Å². The summed E-state index contributed by atoms with van der Waals surface area (Å²) in [4.78, 5) is 11.7. The van der Waals surface area contributed by atoms with Crippen molar-refractivity contribution in [3.8, 4) is 0 Å². The van der Waals surface area contributed by atoms with Crippen molar-refractivity contribution in [2.75, 3.05) is 0 Å². The average Bonchev–Trinajstić information content (AvgIpc) is 2.50. The summed E-state index contributed by atoms with van der Waals surface area (Å²) in [5.74, 6) is -1.20. The molecule has 0 bridgehead atoms. The summed E-state index contributed by atoms with van der Waals surface area (Å²) in [5, 5.41) is 2.47. The molecule has 2 aromatic rings. The standard InChI is InChI=1S/C16H14BrF2NO2/c1-10(12-7-15(19)13(17)8-14(12)18)20-16(21)22-9-11-5-3-2-4-6-11/h2-8,10H,9H2,1H3,(H,20,21). The summed E-state index contributed by atoms with van der Waals surface area (Å²) in [7, 11) is 0. The molecule has 0 aliphatic carbocycles. The van der Waals surface area contributed by atoms with E-state index >= 15 is 0 Å². The molecule has 0 heterocycles. The summed E-state index contributed by atoms with van der Waals surface area (Å²) in [5.41, 5.74) is 0.892. The van der Waals surface area contributed by atoms with E-state index in [-0.39, 0.29) is 16.6 Å². The maximum Gasteiger partial charge on any atom is 0.407 e. The molecule has 1 unspecified atom stereocenters. The molecule has 0 saturated heterocycles. The molecule has 0 aliphatic rings. The van der Waals surface area contributed by atoms with Crippen LogP contribution in [-0.2, 0) is 11.3 Å². The predicted molar refractivity (Wildman–Crippen MR) is 82.2 cm³/mol. The van der Waals surface area contributed by atoms with E-state index in [0.717, 1.165) is 17.7 Å². The second-order valence-electron chi connectivity index (χ2n) is 4.72. The highest BCUT2D eigenvalue weighted by atomic mass is 79.9. The molecule has 6 heteroatoms. The van der Waals surface area contributed by atoms with Gasteiger partial charge in [0.05, 0.1) is 10.5 Å². The van der Waals surface area contributed by atoms with Gasteiger partial charge in [-0.3, -0.25) is 0 Å². The third kappa shape index (κ3) is 4.27. The second kappa shape index (κ2) is 7.35. The third-order valence-corrected chi connectivity index (χ3v) is 3.66. The summed E-state index contributed by atoms with van der Waals surface area (Å²) in [6.45, 7) is 1.66. The van der Waals surface area contributed by atoms with Gasteiger partial charge in [-0.1, -0.05) is 30.3 Å². The number of alkyl carbamates (subject to hydrolysis) is 1. The first-order valence-corrected chi connectivity index (χ1v) is 7.38. The van der Waals surface area contributed by atoms with Crippen molar-refractivity contribution in [3.63, 3.8) is 0 Å². The highest BCUT2D eigenvalue weighted by molar-refractivity contribution is 9.10. The zero-order valence-electron chi connectivity index (χ0n) is 11.8. The van der Waals surface area contributed by atoms with Gasteiger partial charge in [0, 0.05) is 5.56 Å². The Labute approximate surface area is 135 Å². The molecule has 1 amide bonds. The van der Waals surface area contributed by atoms with Crippen LogP contribution in [0.3, 0.4) is 0 Å². The Kier molecular flexibility index (Phi) is 5.49. The van der Waals surface area contributed by atoms with Crippen molar-refractivity contribution in [2.45, 2.75) is 19.6 Å². The van der Waals surface area contributed by atoms with Crippen LogP contribution in [0.1, 0.15) is 24.1 Å². The Balaban J connectivity index is 1.95. The van der Waals surface area contributed by atoms with Crippen LogP contribution >= 0.6 is 15.9 Å². The second-order valence-corrected chi connectivity index (χ2v) is 5.57. The highest BCUT2D eigenvalue weighted by Gasteiger charge is 2.17. The lowest BCUT2D eigenvalue weighted by Crippen LogP contribution is -2.28. The van der Waals surface area contributed by atoms with E-state index < -0.39 is 23.8 Å². The monoisotopic (exact) mass is 369 g/mol. The zero-order valence-corrected chi connectivity index (χ0v) is 13.4. The number of benzene rings is 2. The molecule has 1 N–H and O–H groups in total. The van der Waals surface area contributed by atoms with Crippen LogP contribution in [0.2, 0.25) is 0 Å². The molecule has 3 nitrogen and oxygen atoms in total. The molecule has 0 saturated carbocycles. The van der Waals surface area contributed by atoms with E-state index in [0.29, 0.717) is 0 Å². The maximum atomic E-state index is 13.8. The van der Waals surface area contributed by atoms with Gasteiger partial charge in [-0.15, -0.1) is 0 Å². The first kappa shape index (κ1) is 16.4. The molecule has 2 aromatic carbocycles. The minimum Gasteiger partial charge on any atom is -0.445 e. The van der Waals surface area contributed by atoms with Crippen LogP contribution in [-0.4, -0.2) is 6.09 Å². The fourth-order valence-electron chi connectivity index (χ4n) is 1.89. The number of halogens is 3. The zero-order chi connectivity index (χ0) is 16.1. The van der Waals surface area contributed by atoms with Crippen molar-refractivity contribution in [2.24, 2.45) is 0 Å². The van der Waals surface area contributed by atoms with Crippen molar-refractivity contribution >= 4 is 22.0 Å². The minimum absolute atomic E-state index is 0.0348. The summed E-state index contributed by atoms with van der Waals surface area (Å²) in [6, 6.07) is 10.5. The molecule has 0 fully saturated rings. The third-order valence-electron chi connectivity index (χ3n) is 3.05. The van der Waals surface area contributed by atoms with Crippen LogP contribution in [0.5, 0.6) is 0 Å². The number of rotatable bonds is 4. The van der Waals surface area contributed by atoms with Crippen LogP contribution in [0.4, 0.5) is 13.6 Å². The molecular weight excluding hydrogens is 356 g/mol. The number of nitrogens with one attached hydrogen (secondary N) is 1. The normalized spacial score (nSPS) is 11.8. The quantitative estimate of drug-likeness (QED) is 0.792. The van der Waals surface area contributed by atoms with Crippen molar-refractivity contribution in [3.05, 3.63) is 69.7 Å². The first-order valence-electron chi connectivity index (χ1n) is 6.59. The molecule has 0 aliphatic heterocycles. The molecular formula is C16H14BrF2NO2.